The van der Waals surface area contributed by atoms with Gasteiger partial charge in [-0.05, 0) is 18.2 Å². The van der Waals surface area contributed by atoms with Gasteiger partial charge in [-0.3, -0.25) is 0 Å². The Morgan fingerprint density at radius 2 is 2.24 bits per heavy atom. The molecule has 3 N–H and O–H groups in total. The van der Waals surface area contributed by atoms with Crippen LogP contribution < -0.4 is 10.5 Å². The number of nitrogens with one attached hydrogen (secondary N) is 1. The van der Waals surface area contributed by atoms with Gasteiger partial charge in [0.2, 0.25) is 10.0 Å². The molecule has 0 bridgehead atoms. The first-order valence-corrected chi connectivity index (χ1v) is 7.68. The highest BCUT2D eigenvalue weighted by atomic mass is 32.2. The molecule has 110 valence electrons. The highest BCUT2D eigenvalue weighted by Crippen LogP contribution is 2.19. The van der Waals surface area contributed by atoms with Crippen LogP contribution in [-0.4, -0.2) is 24.5 Å². The number of imidazole rings is 1. The molecule has 0 amide bonds. The third kappa shape index (κ3) is 3.39. The summed E-state index contributed by atoms with van der Waals surface area (Å²) in [6.07, 6.45) is 3.92. The van der Waals surface area contributed by atoms with Crippen LogP contribution in [0, 0.1) is 11.3 Å². The van der Waals surface area contributed by atoms with Crippen molar-refractivity contribution in [3.8, 4) is 6.07 Å². The summed E-state index contributed by atoms with van der Waals surface area (Å²) in [5, 5.41) is 8.75. The first-order valence-electron chi connectivity index (χ1n) is 6.19. The van der Waals surface area contributed by atoms with Crippen molar-refractivity contribution >= 4 is 15.7 Å². The molecule has 1 aromatic carbocycles. The largest absolute Gasteiger partial charge is 0.398 e. The lowest BCUT2D eigenvalue weighted by Gasteiger charge is -2.09. The maximum Gasteiger partial charge on any atom is 0.242 e. The molecule has 0 spiro atoms. The van der Waals surface area contributed by atoms with Crippen LogP contribution in [0.3, 0.4) is 0 Å². The predicted octanol–water partition coefficient (Wildman–Crippen LogP) is 0.395. The summed E-state index contributed by atoms with van der Waals surface area (Å²) in [5.74, 6) is 0.783. The fraction of sp³-hybridized carbons (Fsp3) is 0.231. The van der Waals surface area contributed by atoms with Crippen molar-refractivity contribution in [2.24, 2.45) is 7.05 Å². The van der Waals surface area contributed by atoms with Crippen LogP contribution in [0.15, 0.2) is 35.5 Å². The lowest BCUT2D eigenvalue weighted by molar-refractivity contribution is 0.580. The number of aryl methyl sites for hydroxylation is 1. The fourth-order valence-corrected chi connectivity index (χ4v) is 3.02. The van der Waals surface area contributed by atoms with Gasteiger partial charge in [0.05, 0.1) is 17.3 Å². The van der Waals surface area contributed by atoms with Gasteiger partial charge in [0.25, 0.3) is 0 Å². The van der Waals surface area contributed by atoms with Crippen LogP contribution in [-0.2, 0) is 23.5 Å². The monoisotopic (exact) mass is 305 g/mol. The van der Waals surface area contributed by atoms with Crippen LogP contribution in [0.25, 0.3) is 0 Å². The number of nitriles is 1. The molecule has 7 nitrogen and oxygen atoms in total. The Balaban J connectivity index is 2.09. The number of nitrogen functional groups attached to an aromatic ring is 1. The molecule has 1 heterocycles. The minimum atomic E-state index is -3.70. The Morgan fingerprint density at radius 1 is 1.48 bits per heavy atom. The summed E-state index contributed by atoms with van der Waals surface area (Å²) >= 11 is 0. The van der Waals surface area contributed by atoms with Crippen LogP contribution >= 0.6 is 0 Å². The quantitative estimate of drug-likeness (QED) is 0.776. The number of nitrogens with zero attached hydrogens (tertiary/aromatic N) is 3. The zero-order chi connectivity index (χ0) is 15.5. The van der Waals surface area contributed by atoms with E-state index in [-0.39, 0.29) is 17.1 Å². The van der Waals surface area contributed by atoms with E-state index in [0.29, 0.717) is 12.0 Å². The van der Waals surface area contributed by atoms with Crippen molar-refractivity contribution in [1.82, 2.24) is 14.3 Å². The summed E-state index contributed by atoms with van der Waals surface area (Å²) < 4.78 is 28.6. The second-order valence-electron chi connectivity index (χ2n) is 4.47. The maximum atomic E-state index is 12.2. The summed E-state index contributed by atoms with van der Waals surface area (Å²) in [5.41, 5.74) is 6.06. The van der Waals surface area contributed by atoms with Crippen molar-refractivity contribution in [1.29, 1.82) is 5.26 Å². The van der Waals surface area contributed by atoms with Crippen LogP contribution in [0.4, 0.5) is 5.69 Å². The molecule has 0 atom stereocenters. The van der Waals surface area contributed by atoms with E-state index < -0.39 is 10.0 Å². The van der Waals surface area contributed by atoms with Gasteiger partial charge < -0.3 is 10.3 Å². The first kappa shape index (κ1) is 15.0. The van der Waals surface area contributed by atoms with Crippen LogP contribution in [0.1, 0.15) is 11.4 Å². The number of rotatable bonds is 5. The second kappa shape index (κ2) is 5.95. The van der Waals surface area contributed by atoms with E-state index in [1.165, 1.54) is 18.2 Å². The number of nitrogens with two attached hydrogens (primary N) is 1. The van der Waals surface area contributed by atoms with Gasteiger partial charge in [0, 0.05) is 32.4 Å². The van der Waals surface area contributed by atoms with E-state index in [0.717, 1.165) is 5.82 Å². The summed E-state index contributed by atoms with van der Waals surface area (Å²) in [4.78, 5) is 4.09. The van der Waals surface area contributed by atoms with Gasteiger partial charge in [0.1, 0.15) is 10.7 Å². The Morgan fingerprint density at radius 3 is 2.81 bits per heavy atom. The van der Waals surface area contributed by atoms with Crippen LogP contribution in [0.5, 0.6) is 0 Å². The number of sulfonamides is 1. The zero-order valence-electron chi connectivity index (χ0n) is 11.4. The van der Waals surface area contributed by atoms with Gasteiger partial charge >= 0.3 is 0 Å². The van der Waals surface area contributed by atoms with E-state index in [1.54, 1.807) is 12.4 Å². The van der Waals surface area contributed by atoms with Crippen molar-refractivity contribution in [3.63, 3.8) is 0 Å². The van der Waals surface area contributed by atoms with E-state index in [1.807, 2.05) is 17.7 Å². The number of benzene rings is 1. The molecule has 2 aromatic rings. The number of anilines is 1. The predicted molar refractivity (Wildman–Crippen MR) is 77.7 cm³/mol. The minimum Gasteiger partial charge on any atom is -0.398 e. The Bertz CT molecular complexity index is 789. The molecule has 1 aromatic heterocycles. The van der Waals surface area contributed by atoms with E-state index in [2.05, 4.69) is 9.71 Å². The molecule has 2 rings (SSSR count). The average Bonchev–Trinajstić information content (AvgIpc) is 2.83. The number of hydrogen-bond acceptors (Lipinski definition) is 5. The minimum absolute atomic E-state index is 0.0265. The Kier molecular flexibility index (Phi) is 4.26. The van der Waals surface area contributed by atoms with Gasteiger partial charge in [-0.25, -0.2) is 18.1 Å². The van der Waals surface area contributed by atoms with Crippen molar-refractivity contribution in [2.75, 3.05) is 12.3 Å². The summed E-state index contributed by atoms with van der Waals surface area (Å²) in [6, 6.07) is 6.00. The molecule has 0 aliphatic heterocycles. The topological polar surface area (TPSA) is 114 Å². The number of hydrogen-bond donors (Lipinski definition) is 2. The fourth-order valence-electron chi connectivity index (χ4n) is 1.88. The molecule has 0 aliphatic rings. The van der Waals surface area contributed by atoms with Crippen molar-refractivity contribution < 1.29 is 8.42 Å². The molecule has 0 saturated carbocycles. The number of aromatic nitrogens is 2. The molecule has 8 heteroatoms. The van der Waals surface area contributed by atoms with Gasteiger partial charge in [-0.2, -0.15) is 5.26 Å². The lowest BCUT2D eigenvalue weighted by atomic mass is 10.2. The van der Waals surface area contributed by atoms with E-state index in [4.69, 9.17) is 11.0 Å². The highest BCUT2D eigenvalue weighted by Gasteiger charge is 2.17. The second-order valence-corrected chi connectivity index (χ2v) is 6.20. The molecule has 0 unspecified atom stereocenters. The SMILES string of the molecule is Cn1ccnc1CCNS(=O)(=O)c1ccc(C#N)cc1N. The summed E-state index contributed by atoms with van der Waals surface area (Å²) in [6.45, 7) is 0.215. The molecular formula is C13H15N5O2S. The van der Waals surface area contributed by atoms with Gasteiger partial charge in [-0.15, -0.1) is 0 Å². The summed E-state index contributed by atoms with van der Waals surface area (Å²) in [7, 11) is -1.86. The van der Waals surface area contributed by atoms with Gasteiger partial charge in [0.15, 0.2) is 0 Å². The average molecular weight is 305 g/mol. The third-order valence-electron chi connectivity index (χ3n) is 2.99. The molecule has 0 aliphatic carbocycles. The van der Waals surface area contributed by atoms with Crippen LogP contribution in [0.2, 0.25) is 0 Å². The molecule has 0 radical (unpaired) electrons. The van der Waals surface area contributed by atoms with E-state index >= 15 is 0 Å². The lowest BCUT2D eigenvalue weighted by Crippen LogP contribution is -2.27. The highest BCUT2D eigenvalue weighted by molar-refractivity contribution is 7.89. The first-order chi connectivity index (χ1) is 9.94. The van der Waals surface area contributed by atoms with Gasteiger partial charge in [-0.1, -0.05) is 0 Å². The standard InChI is InChI=1S/C13H15N5O2S/c1-18-7-6-16-13(18)4-5-17-21(19,20)12-3-2-10(9-14)8-11(12)15/h2-3,6-8,17H,4-5,15H2,1H3. The molecule has 0 fully saturated rings. The third-order valence-corrected chi connectivity index (χ3v) is 4.53. The van der Waals surface area contributed by atoms with Crippen molar-refractivity contribution in [2.45, 2.75) is 11.3 Å². The zero-order valence-corrected chi connectivity index (χ0v) is 12.3. The van der Waals surface area contributed by atoms with Crippen molar-refractivity contribution in [3.05, 3.63) is 42.0 Å². The maximum absolute atomic E-state index is 12.2. The van der Waals surface area contributed by atoms with E-state index in [9.17, 15) is 8.42 Å². The normalized spacial score (nSPS) is 11.2. The molecule has 21 heavy (non-hydrogen) atoms. The molecular weight excluding hydrogens is 290 g/mol. The molecule has 0 saturated heterocycles. The Hall–Kier alpha value is -2.37. The Labute approximate surface area is 123 Å². The smallest absolute Gasteiger partial charge is 0.242 e.